The Bertz CT molecular complexity index is 2620. The van der Waals surface area contributed by atoms with Gasteiger partial charge in [0, 0.05) is 53.3 Å². The Morgan fingerprint density at radius 2 is 1.17 bits per heavy atom. The van der Waals surface area contributed by atoms with Crippen LogP contribution in [0.1, 0.15) is 5.56 Å². The van der Waals surface area contributed by atoms with Gasteiger partial charge in [0.05, 0.1) is 34.1 Å². The van der Waals surface area contributed by atoms with Crippen LogP contribution in [0, 0.1) is 11.3 Å². The smallest absolute Gasteiger partial charge is 0.160 e. The Morgan fingerprint density at radius 3 is 1.93 bits per heavy atom. The van der Waals surface area contributed by atoms with Crippen molar-refractivity contribution in [2.24, 2.45) is 0 Å². The van der Waals surface area contributed by atoms with E-state index in [-0.39, 0.29) is 0 Å². The molecule has 4 nitrogen and oxygen atoms in total. The Kier molecular flexibility index (Phi) is 6.02. The van der Waals surface area contributed by atoms with Crippen LogP contribution in [-0.2, 0) is 0 Å². The lowest BCUT2D eigenvalue weighted by molar-refractivity contribution is 1.16. The molecule has 0 radical (unpaired) electrons. The predicted molar refractivity (Wildman–Crippen MR) is 190 cm³/mol. The largest absolute Gasteiger partial charge is 0.309 e. The maximum Gasteiger partial charge on any atom is 0.160 e. The first kappa shape index (κ1) is 26.3. The van der Waals surface area contributed by atoms with Gasteiger partial charge >= 0.3 is 0 Å². The molecule has 0 saturated heterocycles. The zero-order chi connectivity index (χ0) is 30.6. The van der Waals surface area contributed by atoms with E-state index in [1.807, 2.05) is 59.9 Å². The summed E-state index contributed by atoms with van der Waals surface area (Å²) < 4.78 is 4.98. The van der Waals surface area contributed by atoms with Crippen molar-refractivity contribution in [1.82, 2.24) is 14.5 Å². The lowest BCUT2D eigenvalue weighted by atomic mass is 10.1. The van der Waals surface area contributed by atoms with Crippen LogP contribution in [0.4, 0.5) is 0 Å². The van der Waals surface area contributed by atoms with Gasteiger partial charge in [-0.2, -0.15) is 5.26 Å². The summed E-state index contributed by atoms with van der Waals surface area (Å²) in [4.78, 5) is 10.0. The van der Waals surface area contributed by atoms with E-state index < -0.39 is 0 Å². The molecule has 3 heterocycles. The molecule has 0 N–H and O–H groups in total. The number of rotatable bonds is 4. The summed E-state index contributed by atoms with van der Waals surface area (Å²) in [5, 5.41) is 14.5. The zero-order valence-corrected chi connectivity index (χ0v) is 25.4. The fourth-order valence-electron chi connectivity index (χ4n) is 6.51. The van der Waals surface area contributed by atoms with Crippen molar-refractivity contribution in [1.29, 1.82) is 5.26 Å². The second kappa shape index (κ2) is 10.5. The lowest BCUT2D eigenvalue weighted by Crippen LogP contribution is -1.97. The number of aromatic nitrogens is 3. The van der Waals surface area contributed by atoms with Gasteiger partial charge in [0.15, 0.2) is 5.82 Å². The van der Waals surface area contributed by atoms with Crippen molar-refractivity contribution in [2.75, 3.05) is 0 Å². The summed E-state index contributed by atoms with van der Waals surface area (Å²) in [7, 11) is 0. The van der Waals surface area contributed by atoms with Gasteiger partial charge in [0.25, 0.3) is 0 Å². The fourth-order valence-corrected chi connectivity index (χ4v) is 7.62. The molecule has 46 heavy (non-hydrogen) atoms. The predicted octanol–water partition coefficient (Wildman–Crippen LogP) is 10.8. The van der Waals surface area contributed by atoms with Crippen molar-refractivity contribution in [2.45, 2.75) is 0 Å². The first-order chi connectivity index (χ1) is 22.7. The minimum Gasteiger partial charge on any atom is -0.309 e. The number of hydrogen-bond donors (Lipinski definition) is 0. The highest BCUT2D eigenvalue weighted by molar-refractivity contribution is 7.26. The average Bonchev–Trinajstić information content (AvgIpc) is 3.67. The van der Waals surface area contributed by atoms with Crippen LogP contribution in [0.2, 0.25) is 0 Å². The van der Waals surface area contributed by atoms with Gasteiger partial charge in [-0.25, -0.2) is 9.97 Å². The topological polar surface area (TPSA) is 54.5 Å². The van der Waals surface area contributed by atoms with Gasteiger partial charge in [-0.05, 0) is 66.7 Å². The van der Waals surface area contributed by atoms with E-state index in [2.05, 4.69) is 108 Å². The van der Waals surface area contributed by atoms with Crippen LogP contribution in [0.25, 0.3) is 81.6 Å². The Hall–Kier alpha value is -6.09. The van der Waals surface area contributed by atoms with Crippen LogP contribution in [0.15, 0.2) is 146 Å². The first-order valence-electron chi connectivity index (χ1n) is 15.1. The molecular weight excluding hydrogens is 581 g/mol. The monoisotopic (exact) mass is 604 g/mol. The molecule has 0 aliphatic heterocycles. The third-order valence-electron chi connectivity index (χ3n) is 8.67. The van der Waals surface area contributed by atoms with Crippen molar-refractivity contribution in [3.8, 4) is 45.7 Å². The molecule has 0 unspecified atom stereocenters. The zero-order valence-electron chi connectivity index (χ0n) is 24.6. The third-order valence-corrected chi connectivity index (χ3v) is 9.80. The van der Waals surface area contributed by atoms with Gasteiger partial charge in [-0.3, -0.25) is 0 Å². The lowest BCUT2D eigenvalue weighted by Gasteiger charge is -2.11. The number of para-hydroxylation sites is 1. The number of thiophene rings is 1. The van der Waals surface area contributed by atoms with Gasteiger partial charge in [0.2, 0.25) is 0 Å². The molecule has 214 valence electrons. The SMILES string of the molecule is N#Cc1ccc(-c2cc(-c3ccccc3)nc(-c3ccc(-n4c5ccccc5c5c6c(ccc54)sc4ccccc46)cc3)n2)cc1. The van der Waals surface area contributed by atoms with Crippen molar-refractivity contribution in [3.05, 3.63) is 151 Å². The number of hydrogen-bond acceptors (Lipinski definition) is 4. The normalized spacial score (nSPS) is 11.5. The molecule has 3 aromatic heterocycles. The molecule has 0 spiro atoms. The van der Waals surface area contributed by atoms with E-state index in [4.69, 9.17) is 9.97 Å². The first-order valence-corrected chi connectivity index (χ1v) is 16.0. The van der Waals surface area contributed by atoms with E-state index in [1.54, 1.807) is 0 Å². The summed E-state index contributed by atoms with van der Waals surface area (Å²) in [6.07, 6.45) is 0. The molecule has 0 aliphatic rings. The minimum absolute atomic E-state index is 0.620. The highest BCUT2D eigenvalue weighted by Crippen LogP contribution is 2.43. The Balaban J connectivity index is 1.21. The molecule has 0 fully saturated rings. The van der Waals surface area contributed by atoms with Crippen molar-refractivity contribution < 1.29 is 0 Å². The summed E-state index contributed by atoms with van der Waals surface area (Å²) >= 11 is 1.85. The Morgan fingerprint density at radius 1 is 0.522 bits per heavy atom. The van der Waals surface area contributed by atoms with E-state index in [0.29, 0.717) is 11.4 Å². The summed E-state index contributed by atoms with van der Waals surface area (Å²) in [6.45, 7) is 0. The maximum absolute atomic E-state index is 9.29. The maximum atomic E-state index is 9.29. The van der Waals surface area contributed by atoms with Crippen LogP contribution >= 0.6 is 11.3 Å². The highest BCUT2D eigenvalue weighted by atomic mass is 32.1. The van der Waals surface area contributed by atoms with Gasteiger partial charge in [-0.15, -0.1) is 11.3 Å². The quantitative estimate of drug-likeness (QED) is 0.201. The Labute approximate surface area is 269 Å². The molecule has 6 aromatic carbocycles. The van der Waals surface area contributed by atoms with E-state index in [0.717, 1.165) is 33.8 Å². The number of fused-ring (bicyclic) bond motifs is 7. The minimum atomic E-state index is 0.620. The molecule has 0 bridgehead atoms. The molecule has 0 saturated carbocycles. The molecule has 5 heteroatoms. The van der Waals surface area contributed by atoms with Gasteiger partial charge < -0.3 is 4.57 Å². The second-order valence-electron chi connectivity index (χ2n) is 11.3. The number of nitrogens with zero attached hydrogens (tertiary/aromatic N) is 4. The van der Waals surface area contributed by atoms with E-state index in [1.165, 1.54) is 42.0 Å². The van der Waals surface area contributed by atoms with Crippen LogP contribution in [0.3, 0.4) is 0 Å². The van der Waals surface area contributed by atoms with Gasteiger partial charge in [-0.1, -0.05) is 78.9 Å². The fraction of sp³-hybridized carbons (Fsp3) is 0. The molecule has 9 aromatic rings. The average molecular weight is 605 g/mol. The number of benzene rings is 6. The highest BCUT2D eigenvalue weighted by Gasteiger charge is 2.18. The summed E-state index contributed by atoms with van der Waals surface area (Å²) in [5.41, 5.74) is 8.63. The van der Waals surface area contributed by atoms with Crippen LogP contribution in [-0.4, -0.2) is 14.5 Å². The second-order valence-corrected chi connectivity index (χ2v) is 12.4. The third kappa shape index (κ3) is 4.20. The molecular formula is C41H24N4S. The van der Waals surface area contributed by atoms with Crippen LogP contribution in [0.5, 0.6) is 0 Å². The number of nitriles is 1. The van der Waals surface area contributed by atoms with Crippen molar-refractivity contribution >= 4 is 53.3 Å². The standard InChI is InChI=1S/C41H24N4S/c42-25-26-14-16-28(17-15-26)34-24-33(27-8-2-1-3-9-27)43-41(44-34)29-18-20-30(21-19-29)45-35-12-6-4-10-31(35)39-36(45)22-23-38-40(39)32-11-5-7-13-37(32)46-38/h1-24H. The summed E-state index contributed by atoms with van der Waals surface area (Å²) in [6, 6.07) is 52.4. The van der Waals surface area contributed by atoms with Crippen molar-refractivity contribution in [3.63, 3.8) is 0 Å². The van der Waals surface area contributed by atoms with Crippen LogP contribution < -0.4 is 0 Å². The molecule has 0 aliphatic carbocycles. The van der Waals surface area contributed by atoms with Gasteiger partial charge in [0.1, 0.15) is 0 Å². The van der Waals surface area contributed by atoms with E-state index >= 15 is 0 Å². The molecule has 9 rings (SSSR count). The summed E-state index contributed by atoms with van der Waals surface area (Å²) in [5.74, 6) is 0.654. The molecule has 0 amide bonds. The molecule has 0 atom stereocenters. The van der Waals surface area contributed by atoms with E-state index in [9.17, 15) is 5.26 Å².